The Morgan fingerprint density at radius 2 is 1.58 bits per heavy atom. The molecule has 260 valence electrons. The van der Waals surface area contributed by atoms with Crippen molar-refractivity contribution in [3.8, 4) is 0 Å². The summed E-state index contributed by atoms with van der Waals surface area (Å²) in [6.45, 7) is 7.05. The van der Waals surface area contributed by atoms with Gasteiger partial charge in [-0.15, -0.1) is 0 Å². The number of cyclic esters (lactones) is 1. The quantitative estimate of drug-likeness (QED) is 0.0931. The Hall–Kier alpha value is -4.11. The second kappa shape index (κ2) is 19.6. The molecule has 48 heavy (non-hydrogen) atoms. The van der Waals surface area contributed by atoms with E-state index in [1.807, 2.05) is 45.0 Å². The molecule has 0 spiro atoms. The van der Waals surface area contributed by atoms with Gasteiger partial charge in [0.1, 0.15) is 6.61 Å². The van der Waals surface area contributed by atoms with Crippen LogP contribution < -0.4 is 0 Å². The third kappa shape index (κ3) is 11.5. The highest BCUT2D eigenvalue weighted by molar-refractivity contribution is 6.25. The van der Waals surface area contributed by atoms with Crippen LogP contribution >= 0.6 is 0 Å². The van der Waals surface area contributed by atoms with Gasteiger partial charge < -0.3 is 14.6 Å². The number of esters is 1. The van der Waals surface area contributed by atoms with Crippen LogP contribution in [0.2, 0.25) is 0 Å². The molecule has 0 saturated carbocycles. The molecule has 2 aromatic rings. The van der Waals surface area contributed by atoms with Crippen molar-refractivity contribution in [3.05, 3.63) is 77.4 Å². The van der Waals surface area contributed by atoms with E-state index in [-0.39, 0.29) is 43.3 Å². The molecule has 9 heteroatoms. The predicted molar refractivity (Wildman–Crippen MR) is 184 cm³/mol. The minimum absolute atomic E-state index is 0.0134. The molecule has 1 heterocycles. The zero-order chi connectivity index (χ0) is 35.1. The molecule has 1 saturated heterocycles. The highest BCUT2D eigenvalue weighted by atomic mass is 16.6. The van der Waals surface area contributed by atoms with Gasteiger partial charge in [-0.1, -0.05) is 113 Å². The van der Waals surface area contributed by atoms with E-state index in [9.17, 15) is 24.0 Å². The van der Waals surface area contributed by atoms with Crippen LogP contribution in [0, 0.1) is 18.8 Å². The second-order valence-electron chi connectivity index (χ2n) is 13.0. The van der Waals surface area contributed by atoms with Gasteiger partial charge >= 0.3 is 12.1 Å². The van der Waals surface area contributed by atoms with Crippen molar-refractivity contribution in [2.75, 3.05) is 13.2 Å². The maximum Gasteiger partial charge on any atom is 0.416 e. The zero-order valence-corrected chi connectivity index (χ0v) is 28.8. The van der Waals surface area contributed by atoms with E-state index in [4.69, 9.17) is 14.6 Å². The molecule has 2 aromatic carbocycles. The van der Waals surface area contributed by atoms with Crippen LogP contribution in [0.1, 0.15) is 95.2 Å². The summed E-state index contributed by atoms with van der Waals surface area (Å²) in [5, 5.41) is 8.94. The summed E-state index contributed by atoms with van der Waals surface area (Å²) >= 11 is 0. The zero-order valence-electron chi connectivity index (χ0n) is 28.8. The molecular formula is C39H51NO8. The molecule has 0 radical (unpaired) electrons. The molecular weight excluding hydrogens is 610 g/mol. The van der Waals surface area contributed by atoms with Crippen molar-refractivity contribution in [2.24, 2.45) is 11.8 Å². The van der Waals surface area contributed by atoms with Gasteiger partial charge in [-0.3, -0.25) is 19.2 Å². The Morgan fingerprint density at radius 3 is 2.19 bits per heavy atom. The smallest absolute Gasteiger partial charge is 0.416 e. The number of Topliss-reactive ketones (excluding diaryl/α,β-unsaturated/α-hetero) is 1. The van der Waals surface area contributed by atoms with Crippen molar-refractivity contribution >= 4 is 35.1 Å². The van der Waals surface area contributed by atoms with Gasteiger partial charge in [0.05, 0.1) is 12.0 Å². The Balaban J connectivity index is 1.93. The first-order valence-corrected chi connectivity index (χ1v) is 17.2. The van der Waals surface area contributed by atoms with Gasteiger partial charge in [-0.25, -0.2) is 9.69 Å². The largest absolute Gasteiger partial charge is 0.453 e. The molecule has 0 bridgehead atoms. The molecule has 3 atom stereocenters. The van der Waals surface area contributed by atoms with Crippen LogP contribution in [-0.2, 0) is 35.1 Å². The van der Waals surface area contributed by atoms with Gasteiger partial charge in [-0.05, 0) is 49.3 Å². The Kier molecular flexibility index (Phi) is 15.7. The van der Waals surface area contributed by atoms with Gasteiger partial charge in [0.25, 0.3) is 0 Å². The highest BCUT2D eigenvalue weighted by Gasteiger charge is 2.46. The molecule has 0 aromatic heterocycles. The average Bonchev–Trinajstić information content (AvgIpc) is 3.45. The van der Waals surface area contributed by atoms with Crippen LogP contribution in [-0.4, -0.2) is 64.9 Å². The van der Waals surface area contributed by atoms with E-state index in [0.717, 1.165) is 62.3 Å². The number of aliphatic hydroxyl groups excluding tert-OH is 1. The maximum atomic E-state index is 14.2. The van der Waals surface area contributed by atoms with E-state index in [1.54, 1.807) is 30.3 Å². The van der Waals surface area contributed by atoms with E-state index in [2.05, 4.69) is 0 Å². The van der Waals surface area contributed by atoms with Crippen LogP contribution in [0.5, 0.6) is 0 Å². The topological polar surface area (TPSA) is 127 Å². The Bertz CT molecular complexity index is 1420. The molecule has 3 unspecified atom stereocenters. The lowest BCUT2D eigenvalue weighted by molar-refractivity contribution is -0.159. The van der Waals surface area contributed by atoms with Crippen molar-refractivity contribution in [3.63, 3.8) is 0 Å². The number of carbonyl (C=O) groups excluding carboxylic acids is 5. The van der Waals surface area contributed by atoms with E-state index < -0.39 is 41.8 Å². The molecule has 1 aliphatic heterocycles. The molecule has 1 N–H and O–H groups in total. The van der Waals surface area contributed by atoms with Crippen molar-refractivity contribution < 1.29 is 38.6 Å². The fourth-order valence-corrected chi connectivity index (χ4v) is 6.02. The summed E-state index contributed by atoms with van der Waals surface area (Å²) in [6, 6.07) is 15.8. The summed E-state index contributed by atoms with van der Waals surface area (Å²) in [5.41, 5.74) is 2.37. The fourth-order valence-electron chi connectivity index (χ4n) is 6.02. The second-order valence-corrected chi connectivity index (χ2v) is 13.0. The number of ketones is 2. The number of amides is 2. The number of imide groups is 1. The van der Waals surface area contributed by atoms with Crippen molar-refractivity contribution in [1.82, 2.24) is 4.90 Å². The molecule has 2 amide bonds. The molecule has 9 nitrogen and oxygen atoms in total. The van der Waals surface area contributed by atoms with Crippen LogP contribution in [0.3, 0.4) is 0 Å². The molecule has 3 rings (SSSR count). The van der Waals surface area contributed by atoms with E-state index in [0.29, 0.717) is 17.5 Å². The van der Waals surface area contributed by atoms with E-state index >= 15 is 0 Å². The fraction of sp³-hybridized carbons (Fsp3) is 0.513. The minimum Gasteiger partial charge on any atom is -0.453 e. The number of rotatable bonds is 20. The Labute approximate surface area is 284 Å². The summed E-state index contributed by atoms with van der Waals surface area (Å²) in [4.78, 5) is 68.5. The first-order valence-electron chi connectivity index (χ1n) is 17.2. The maximum absolute atomic E-state index is 14.2. The van der Waals surface area contributed by atoms with Gasteiger partial charge in [0.2, 0.25) is 5.91 Å². The van der Waals surface area contributed by atoms with Crippen molar-refractivity contribution in [1.29, 1.82) is 0 Å². The number of unbranched alkanes of at least 4 members (excludes halogenated alkanes) is 7. The molecule has 0 aliphatic carbocycles. The number of hydrogen-bond acceptors (Lipinski definition) is 8. The SMILES string of the molecule is CC(=O)OC(C(=O)C=C(C(=O)CCCCCCCCCCO)c1cccc(C)c1)C(Cc1ccccc1)C(=O)N1C(=O)OCC1C(C)C. The standard InChI is InChI=1S/C39H51NO8/c1-27(2)34-26-47-39(46)40(34)38(45)33(24-30-18-12-11-13-19-30)37(48-29(4)42)36(44)25-32(31-20-16-17-28(3)23-31)35(43)21-14-9-7-5-6-8-10-15-22-41/h11-13,16-20,23,25,27,33-34,37,41H,5-10,14-15,21-22,24,26H2,1-4H3. The number of hydrogen-bond donors (Lipinski definition) is 1. The summed E-state index contributed by atoms with van der Waals surface area (Å²) < 4.78 is 10.8. The van der Waals surface area contributed by atoms with E-state index in [1.165, 1.54) is 6.08 Å². The number of aliphatic hydroxyl groups is 1. The van der Waals surface area contributed by atoms with Gasteiger partial charge in [0.15, 0.2) is 17.7 Å². The normalized spacial score (nSPS) is 16.0. The summed E-state index contributed by atoms with van der Waals surface area (Å²) in [7, 11) is 0. The monoisotopic (exact) mass is 661 g/mol. The lowest BCUT2D eigenvalue weighted by atomic mass is 9.87. The third-order valence-corrected chi connectivity index (χ3v) is 8.70. The minimum atomic E-state index is -1.59. The first-order chi connectivity index (χ1) is 23.0. The number of allylic oxidation sites excluding steroid dienone is 1. The predicted octanol–water partition coefficient (Wildman–Crippen LogP) is 6.81. The highest BCUT2D eigenvalue weighted by Crippen LogP contribution is 2.28. The lowest BCUT2D eigenvalue weighted by Crippen LogP contribution is -2.50. The van der Waals surface area contributed by atoms with Gasteiger partial charge in [0, 0.05) is 25.5 Å². The number of carbonyl (C=O) groups is 5. The molecule has 1 fully saturated rings. The summed E-state index contributed by atoms with van der Waals surface area (Å²) in [6.07, 6.45) is 6.64. The van der Waals surface area contributed by atoms with Crippen LogP contribution in [0.25, 0.3) is 5.57 Å². The average molecular weight is 662 g/mol. The molecule has 1 aliphatic rings. The van der Waals surface area contributed by atoms with Crippen LogP contribution in [0.15, 0.2) is 60.7 Å². The van der Waals surface area contributed by atoms with Gasteiger partial charge in [-0.2, -0.15) is 0 Å². The van der Waals surface area contributed by atoms with Crippen molar-refractivity contribution in [2.45, 2.75) is 104 Å². The Morgan fingerprint density at radius 1 is 0.938 bits per heavy atom. The number of ether oxygens (including phenoxy) is 2. The number of nitrogens with zero attached hydrogens (tertiary/aromatic N) is 1. The number of benzene rings is 2. The third-order valence-electron chi connectivity index (χ3n) is 8.70. The van der Waals surface area contributed by atoms with Crippen LogP contribution in [0.4, 0.5) is 4.79 Å². The lowest BCUT2D eigenvalue weighted by Gasteiger charge is -2.30. The summed E-state index contributed by atoms with van der Waals surface area (Å²) in [5.74, 6) is -3.73. The number of aryl methyl sites for hydroxylation is 1. The first kappa shape index (κ1) is 38.3.